The molecule has 0 bridgehead atoms. The average molecular weight is 357 g/mol. The Morgan fingerprint density at radius 2 is 1.90 bits per heavy atom. The summed E-state index contributed by atoms with van der Waals surface area (Å²) < 4.78 is 0.692. The molecule has 3 N–H and O–H groups in total. The van der Waals surface area contributed by atoms with Gasteiger partial charge in [-0.25, -0.2) is 4.98 Å². The number of allylic oxidation sites excluding steroid dienone is 1. The molecule has 3 rings (SSSR count). The third-order valence-corrected chi connectivity index (χ3v) is 4.79. The Labute approximate surface area is 130 Å². The predicted octanol–water partition coefficient (Wildman–Crippen LogP) is 3.47. The molecule has 6 heteroatoms. The molecule has 4 nitrogen and oxygen atoms in total. The van der Waals surface area contributed by atoms with E-state index in [9.17, 15) is 4.79 Å². The molecule has 0 aromatic carbocycles. The fourth-order valence-electron chi connectivity index (χ4n) is 2.36. The third-order valence-electron chi connectivity index (χ3n) is 3.63. The zero-order chi connectivity index (χ0) is 14.3. The molecule has 1 aromatic heterocycles. The molecule has 1 heterocycles. The molecule has 2 aliphatic rings. The summed E-state index contributed by atoms with van der Waals surface area (Å²) in [6.07, 6.45) is 4.62. The van der Waals surface area contributed by atoms with E-state index in [0.717, 1.165) is 31.3 Å². The number of hydrogen-bond donors (Lipinski definition) is 2. The van der Waals surface area contributed by atoms with E-state index in [1.807, 2.05) is 0 Å². The fraction of sp³-hybridized carbons (Fsp3) is 0.429. The van der Waals surface area contributed by atoms with Crippen LogP contribution in [0.3, 0.4) is 0 Å². The van der Waals surface area contributed by atoms with Gasteiger partial charge in [0.2, 0.25) is 0 Å². The molecular formula is C14H15BrClN3O. The van der Waals surface area contributed by atoms with Gasteiger partial charge in [0.1, 0.15) is 11.0 Å². The Morgan fingerprint density at radius 1 is 1.30 bits per heavy atom. The first-order valence-electron chi connectivity index (χ1n) is 6.69. The van der Waals surface area contributed by atoms with Crippen molar-refractivity contribution in [1.82, 2.24) is 4.98 Å². The highest BCUT2D eigenvalue weighted by molar-refractivity contribution is 9.10. The molecular weight excluding hydrogens is 342 g/mol. The SMILES string of the molecule is NC(C(=O)Nc1ccc(Br)c(Cl)n1)=C(C1CC1)C1CC1. The number of nitrogens with one attached hydrogen (secondary N) is 1. The molecule has 0 unspecified atom stereocenters. The highest BCUT2D eigenvalue weighted by Gasteiger charge is 2.39. The number of amides is 1. The van der Waals surface area contributed by atoms with E-state index in [1.165, 1.54) is 0 Å². The Bertz CT molecular complexity index is 580. The summed E-state index contributed by atoms with van der Waals surface area (Å²) in [5.41, 5.74) is 7.59. The van der Waals surface area contributed by atoms with Crippen molar-refractivity contribution in [1.29, 1.82) is 0 Å². The van der Waals surface area contributed by atoms with Gasteiger partial charge in [-0.15, -0.1) is 0 Å². The monoisotopic (exact) mass is 355 g/mol. The van der Waals surface area contributed by atoms with Crippen LogP contribution in [-0.2, 0) is 4.79 Å². The van der Waals surface area contributed by atoms with Crippen LogP contribution in [0.15, 0.2) is 27.9 Å². The van der Waals surface area contributed by atoms with Crippen LogP contribution in [0.4, 0.5) is 5.82 Å². The summed E-state index contributed by atoms with van der Waals surface area (Å²) in [4.78, 5) is 16.3. The van der Waals surface area contributed by atoms with E-state index in [1.54, 1.807) is 12.1 Å². The topological polar surface area (TPSA) is 68.0 Å². The minimum absolute atomic E-state index is 0.273. The minimum Gasteiger partial charge on any atom is -0.394 e. The minimum atomic E-state index is -0.273. The summed E-state index contributed by atoms with van der Waals surface area (Å²) in [7, 11) is 0. The number of anilines is 1. The smallest absolute Gasteiger partial charge is 0.272 e. The van der Waals surface area contributed by atoms with E-state index in [2.05, 4.69) is 26.2 Å². The van der Waals surface area contributed by atoms with Crippen molar-refractivity contribution in [3.8, 4) is 0 Å². The van der Waals surface area contributed by atoms with Gasteiger partial charge in [0.15, 0.2) is 0 Å². The van der Waals surface area contributed by atoms with Crippen molar-refractivity contribution >= 4 is 39.3 Å². The van der Waals surface area contributed by atoms with Crippen molar-refractivity contribution < 1.29 is 4.79 Å². The summed E-state index contributed by atoms with van der Waals surface area (Å²) in [6.45, 7) is 0. The van der Waals surface area contributed by atoms with E-state index >= 15 is 0 Å². The first kappa shape index (κ1) is 13.9. The molecule has 1 amide bonds. The third kappa shape index (κ3) is 2.99. The standard InChI is InChI=1S/C14H15BrClN3O/c15-9-5-6-10(18-13(9)16)19-14(20)12(17)11(7-1-2-7)8-3-4-8/h5-8H,1-4,17H2,(H,18,19,20). The molecule has 2 fully saturated rings. The van der Waals surface area contributed by atoms with Crippen LogP contribution in [0.2, 0.25) is 5.15 Å². The van der Waals surface area contributed by atoms with Gasteiger partial charge in [-0.1, -0.05) is 11.6 Å². The maximum atomic E-state index is 12.2. The molecule has 0 aliphatic heterocycles. The van der Waals surface area contributed by atoms with Crippen LogP contribution in [-0.4, -0.2) is 10.9 Å². The number of carbonyl (C=O) groups excluding carboxylic acids is 1. The quantitative estimate of drug-likeness (QED) is 0.641. The first-order chi connectivity index (χ1) is 9.56. The summed E-state index contributed by atoms with van der Waals surface area (Å²) >= 11 is 9.17. The average Bonchev–Trinajstić information content (AvgIpc) is 3.27. The highest BCUT2D eigenvalue weighted by Crippen LogP contribution is 2.49. The Balaban J connectivity index is 1.77. The maximum absolute atomic E-state index is 12.2. The van der Waals surface area contributed by atoms with Gasteiger partial charge in [-0.3, -0.25) is 4.79 Å². The maximum Gasteiger partial charge on any atom is 0.272 e. The second-order valence-corrected chi connectivity index (χ2v) is 6.55. The van der Waals surface area contributed by atoms with Gasteiger partial charge in [-0.2, -0.15) is 0 Å². The van der Waals surface area contributed by atoms with Gasteiger partial charge in [0, 0.05) is 0 Å². The van der Waals surface area contributed by atoms with Crippen LogP contribution >= 0.6 is 27.5 Å². The summed E-state index contributed by atoms with van der Waals surface area (Å²) in [5.74, 6) is 1.19. The Morgan fingerprint density at radius 3 is 2.40 bits per heavy atom. The van der Waals surface area contributed by atoms with Gasteiger partial charge in [-0.05, 0) is 71.2 Å². The van der Waals surface area contributed by atoms with Crippen LogP contribution in [0.25, 0.3) is 0 Å². The molecule has 1 aromatic rings. The summed E-state index contributed by atoms with van der Waals surface area (Å²) in [6, 6.07) is 3.43. The number of nitrogens with two attached hydrogens (primary N) is 1. The molecule has 0 saturated heterocycles. The fourth-order valence-corrected chi connectivity index (χ4v) is 2.74. The molecule has 0 atom stereocenters. The highest BCUT2D eigenvalue weighted by atomic mass is 79.9. The molecule has 0 radical (unpaired) electrons. The number of halogens is 2. The van der Waals surface area contributed by atoms with Crippen molar-refractivity contribution in [2.24, 2.45) is 17.6 Å². The Hall–Kier alpha value is -1.07. The van der Waals surface area contributed by atoms with Gasteiger partial charge >= 0.3 is 0 Å². The Kier molecular flexibility index (Phi) is 3.73. The molecule has 2 saturated carbocycles. The lowest BCUT2D eigenvalue weighted by Gasteiger charge is -2.11. The molecule has 0 spiro atoms. The van der Waals surface area contributed by atoms with Crippen molar-refractivity contribution in [2.75, 3.05) is 5.32 Å². The first-order valence-corrected chi connectivity index (χ1v) is 7.86. The zero-order valence-electron chi connectivity index (χ0n) is 10.8. The van der Waals surface area contributed by atoms with E-state index in [0.29, 0.717) is 33.0 Å². The van der Waals surface area contributed by atoms with Gasteiger partial charge in [0.05, 0.1) is 10.2 Å². The predicted molar refractivity (Wildman–Crippen MR) is 82.2 cm³/mol. The van der Waals surface area contributed by atoms with E-state index < -0.39 is 0 Å². The number of carbonyl (C=O) groups is 1. The molecule has 106 valence electrons. The number of rotatable bonds is 4. The number of nitrogens with zero attached hydrogens (tertiary/aromatic N) is 1. The van der Waals surface area contributed by atoms with Crippen molar-refractivity contribution in [3.05, 3.63) is 33.0 Å². The normalized spacial score (nSPS) is 17.7. The van der Waals surface area contributed by atoms with Crippen LogP contribution in [0.5, 0.6) is 0 Å². The largest absolute Gasteiger partial charge is 0.394 e. The van der Waals surface area contributed by atoms with Crippen LogP contribution < -0.4 is 11.1 Å². The lowest BCUT2D eigenvalue weighted by Crippen LogP contribution is -2.23. The van der Waals surface area contributed by atoms with E-state index in [-0.39, 0.29) is 5.91 Å². The van der Waals surface area contributed by atoms with Gasteiger partial charge in [0.25, 0.3) is 5.91 Å². The lowest BCUT2D eigenvalue weighted by atomic mass is 10.0. The number of pyridine rings is 1. The zero-order valence-corrected chi connectivity index (χ0v) is 13.2. The lowest BCUT2D eigenvalue weighted by molar-refractivity contribution is -0.113. The second kappa shape index (κ2) is 5.37. The van der Waals surface area contributed by atoms with Crippen LogP contribution in [0, 0.1) is 11.8 Å². The number of hydrogen-bond acceptors (Lipinski definition) is 3. The number of aromatic nitrogens is 1. The van der Waals surface area contributed by atoms with Crippen molar-refractivity contribution in [2.45, 2.75) is 25.7 Å². The second-order valence-electron chi connectivity index (χ2n) is 5.34. The van der Waals surface area contributed by atoms with E-state index in [4.69, 9.17) is 17.3 Å². The molecule has 20 heavy (non-hydrogen) atoms. The van der Waals surface area contributed by atoms with Crippen molar-refractivity contribution in [3.63, 3.8) is 0 Å². The van der Waals surface area contributed by atoms with Gasteiger partial charge < -0.3 is 11.1 Å². The van der Waals surface area contributed by atoms with Crippen LogP contribution in [0.1, 0.15) is 25.7 Å². The summed E-state index contributed by atoms with van der Waals surface area (Å²) in [5, 5.41) is 3.03. The molecule has 2 aliphatic carbocycles.